The third kappa shape index (κ3) is 4.03. The number of barbiturate groups is 1. The average Bonchev–Trinajstić information content (AvgIpc) is 3.20. The van der Waals surface area contributed by atoms with Gasteiger partial charge in [0.2, 0.25) is 0 Å². The molecule has 1 aliphatic heterocycles. The van der Waals surface area contributed by atoms with Gasteiger partial charge in [0.25, 0.3) is 11.8 Å². The highest BCUT2D eigenvalue weighted by atomic mass is 16.2. The van der Waals surface area contributed by atoms with Crippen molar-refractivity contribution in [3.05, 3.63) is 113 Å². The van der Waals surface area contributed by atoms with Crippen molar-refractivity contribution in [2.75, 3.05) is 4.90 Å². The van der Waals surface area contributed by atoms with Crippen molar-refractivity contribution in [1.82, 2.24) is 9.88 Å². The quantitative estimate of drug-likeness (QED) is 0.302. The lowest BCUT2D eigenvalue weighted by Gasteiger charge is -2.27. The number of nitrogens with zero attached hydrogens (tertiary/aromatic N) is 2. The van der Waals surface area contributed by atoms with Crippen LogP contribution >= 0.6 is 0 Å². The van der Waals surface area contributed by atoms with Crippen LogP contribution < -0.4 is 10.2 Å². The molecule has 0 spiro atoms. The Morgan fingerprint density at radius 1 is 0.722 bits per heavy atom. The first-order chi connectivity index (χ1) is 17.3. The largest absolute Gasteiger partial charge is 0.335 e. The van der Waals surface area contributed by atoms with Gasteiger partial charge in [-0.15, -0.1) is 0 Å². The maximum Gasteiger partial charge on any atom is 0.335 e. The van der Waals surface area contributed by atoms with Gasteiger partial charge in [0, 0.05) is 16.9 Å². The summed E-state index contributed by atoms with van der Waals surface area (Å²) >= 11 is 0. The molecule has 0 atom stereocenters. The number of para-hydroxylation sites is 1. The zero-order valence-corrected chi connectivity index (χ0v) is 20.3. The van der Waals surface area contributed by atoms with Crippen LogP contribution in [0.3, 0.4) is 0 Å². The fraction of sp³-hybridized carbons (Fsp3) is 0.100. The van der Waals surface area contributed by atoms with E-state index in [1.807, 2.05) is 93.6 Å². The van der Waals surface area contributed by atoms with Gasteiger partial charge in [-0.25, -0.2) is 9.69 Å². The molecule has 1 aliphatic rings. The van der Waals surface area contributed by atoms with Crippen molar-refractivity contribution in [2.45, 2.75) is 20.8 Å². The molecule has 1 saturated heterocycles. The fourth-order valence-electron chi connectivity index (χ4n) is 4.49. The normalized spacial score (nSPS) is 14.9. The number of urea groups is 1. The maximum atomic E-state index is 13.5. The second kappa shape index (κ2) is 9.15. The predicted molar refractivity (Wildman–Crippen MR) is 141 cm³/mol. The molecule has 1 aromatic heterocycles. The van der Waals surface area contributed by atoms with Gasteiger partial charge in [0.1, 0.15) is 5.57 Å². The first-order valence-electron chi connectivity index (χ1n) is 11.7. The van der Waals surface area contributed by atoms with Crippen LogP contribution in [-0.4, -0.2) is 22.4 Å². The molecular formula is C30H25N3O3. The Kier molecular flexibility index (Phi) is 5.86. The van der Waals surface area contributed by atoms with E-state index in [-0.39, 0.29) is 5.57 Å². The summed E-state index contributed by atoms with van der Waals surface area (Å²) in [7, 11) is 0. The monoisotopic (exact) mass is 475 g/mol. The fourth-order valence-corrected chi connectivity index (χ4v) is 4.49. The summed E-state index contributed by atoms with van der Waals surface area (Å²) in [5.74, 6) is -1.37. The second-order valence-corrected chi connectivity index (χ2v) is 8.85. The molecule has 4 aromatic rings. The number of carbonyl (C=O) groups excluding carboxylic acids is 3. The molecule has 3 aromatic carbocycles. The topological polar surface area (TPSA) is 71.4 Å². The number of aryl methyl sites for hydroxylation is 3. The molecule has 6 nitrogen and oxygen atoms in total. The Bertz CT molecular complexity index is 1530. The van der Waals surface area contributed by atoms with E-state index in [4.69, 9.17) is 0 Å². The number of aromatic nitrogens is 1. The summed E-state index contributed by atoms with van der Waals surface area (Å²) in [5.41, 5.74) is 6.70. The molecule has 5 rings (SSSR count). The van der Waals surface area contributed by atoms with E-state index in [1.54, 1.807) is 18.2 Å². The van der Waals surface area contributed by atoms with Gasteiger partial charge in [0.15, 0.2) is 0 Å². The molecule has 1 fully saturated rings. The van der Waals surface area contributed by atoms with Crippen LogP contribution in [0.1, 0.15) is 22.4 Å². The molecule has 0 unspecified atom stereocenters. The van der Waals surface area contributed by atoms with Crippen molar-refractivity contribution in [3.8, 4) is 16.9 Å². The minimum absolute atomic E-state index is 0.102. The zero-order chi connectivity index (χ0) is 25.4. The molecule has 4 amide bonds. The average molecular weight is 476 g/mol. The summed E-state index contributed by atoms with van der Waals surface area (Å²) in [6.45, 7) is 5.85. The molecule has 0 radical (unpaired) electrons. The number of anilines is 1. The van der Waals surface area contributed by atoms with Crippen molar-refractivity contribution >= 4 is 29.6 Å². The SMILES string of the molecule is Cc1ccc(N2C(=O)NC(=O)/C(=C\c3cc(C)n(-c4ccccc4)c3-c3ccccc3)C2=O)cc1C. The van der Waals surface area contributed by atoms with E-state index in [0.717, 1.165) is 38.7 Å². The van der Waals surface area contributed by atoms with Crippen LogP contribution in [0.25, 0.3) is 23.0 Å². The van der Waals surface area contributed by atoms with Gasteiger partial charge in [-0.3, -0.25) is 14.9 Å². The van der Waals surface area contributed by atoms with Crippen LogP contribution in [0.4, 0.5) is 10.5 Å². The molecule has 0 bridgehead atoms. The van der Waals surface area contributed by atoms with Gasteiger partial charge >= 0.3 is 6.03 Å². The number of rotatable bonds is 4. The summed E-state index contributed by atoms with van der Waals surface area (Å²) in [4.78, 5) is 40.1. The lowest BCUT2D eigenvalue weighted by molar-refractivity contribution is -0.122. The molecular weight excluding hydrogens is 450 g/mol. The van der Waals surface area contributed by atoms with Crippen molar-refractivity contribution < 1.29 is 14.4 Å². The number of hydrogen-bond acceptors (Lipinski definition) is 3. The number of nitrogens with one attached hydrogen (secondary N) is 1. The number of benzene rings is 3. The zero-order valence-electron chi connectivity index (χ0n) is 20.3. The maximum absolute atomic E-state index is 13.5. The van der Waals surface area contributed by atoms with E-state index in [0.29, 0.717) is 11.3 Å². The number of hydrogen-bond donors (Lipinski definition) is 1. The van der Waals surface area contributed by atoms with E-state index in [2.05, 4.69) is 9.88 Å². The third-order valence-corrected chi connectivity index (χ3v) is 6.43. The van der Waals surface area contributed by atoms with Crippen LogP contribution in [0.2, 0.25) is 0 Å². The van der Waals surface area contributed by atoms with E-state index in [9.17, 15) is 14.4 Å². The van der Waals surface area contributed by atoms with Crippen molar-refractivity contribution in [2.24, 2.45) is 0 Å². The van der Waals surface area contributed by atoms with E-state index < -0.39 is 17.8 Å². The smallest absolute Gasteiger partial charge is 0.313 e. The summed E-state index contributed by atoms with van der Waals surface area (Å²) in [6.07, 6.45) is 1.58. The Morgan fingerprint density at radius 2 is 1.39 bits per heavy atom. The number of imide groups is 2. The molecule has 36 heavy (non-hydrogen) atoms. The number of carbonyl (C=O) groups is 3. The standard InChI is InChI=1S/C30H25N3O3/c1-19-14-15-25(16-20(19)2)33-29(35)26(28(34)31-30(33)36)18-23-17-21(3)32(24-12-8-5-9-13-24)27(23)22-10-6-4-7-11-22/h4-18H,1-3H3,(H,31,34,36)/b26-18+. The molecule has 0 saturated carbocycles. The van der Waals surface area contributed by atoms with Crippen molar-refractivity contribution in [3.63, 3.8) is 0 Å². The molecule has 0 aliphatic carbocycles. The molecule has 178 valence electrons. The Morgan fingerprint density at radius 3 is 2.06 bits per heavy atom. The van der Waals surface area contributed by atoms with E-state index >= 15 is 0 Å². The van der Waals surface area contributed by atoms with Gasteiger partial charge in [-0.05, 0) is 73.9 Å². The Labute approximate surface area is 209 Å². The minimum Gasteiger partial charge on any atom is -0.313 e. The van der Waals surface area contributed by atoms with Gasteiger partial charge in [0.05, 0.1) is 11.4 Å². The third-order valence-electron chi connectivity index (χ3n) is 6.43. The molecule has 6 heteroatoms. The van der Waals surface area contributed by atoms with Crippen LogP contribution in [0.5, 0.6) is 0 Å². The predicted octanol–water partition coefficient (Wildman–Crippen LogP) is 5.74. The van der Waals surface area contributed by atoms with Crippen LogP contribution in [0, 0.1) is 20.8 Å². The first-order valence-corrected chi connectivity index (χ1v) is 11.7. The lowest BCUT2D eigenvalue weighted by Crippen LogP contribution is -2.54. The summed E-state index contributed by atoms with van der Waals surface area (Å²) < 4.78 is 2.10. The van der Waals surface area contributed by atoms with Crippen LogP contribution in [-0.2, 0) is 9.59 Å². The highest BCUT2D eigenvalue weighted by Crippen LogP contribution is 2.33. The van der Waals surface area contributed by atoms with Gasteiger partial charge < -0.3 is 4.57 Å². The van der Waals surface area contributed by atoms with Gasteiger partial charge in [-0.1, -0.05) is 54.6 Å². The highest BCUT2D eigenvalue weighted by molar-refractivity contribution is 6.39. The minimum atomic E-state index is -0.758. The molecule has 2 heterocycles. The van der Waals surface area contributed by atoms with Crippen LogP contribution in [0.15, 0.2) is 90.5 Å². The first kappa shape index (κ1) is 23.1. The summed E-state index contributed by atoms with van der Waals surface area (Å²) in [5, 5.41) is 2.33. The lowest BCUT2D eigenvalue weighted by atomic mass is 10.0. The van der Waals surface area contributed by atoms with Gasteiger partial charge in [-0.2, -0.15) is 0 Å². The molecule has 1 N–H and O–H groups in total. The second-order valence-electron chi connectivity index (χ2n) is 8.85. The summed E-state index contributed by atoms with van der Waals surface area (Å²) in [6, 6.07) is 26.2. The van der Waals surface area contributed by atoms with E-state index in [1.165, 1.54) is 0 Å². The number of amides is 4. The Hall–Kier alpha value is -4.71. The van der Waals surface area contributed by atoms with Crippen molar-refractivity contribution in [1.29, 1.82) is 0 Å². The highest BCUT2D eigenvalue weighted by Gasteiger charge is 2.37. The Balaban J connectivity index is 1.67.